The minimum atomic E-state index is 0. The maximum Gasteiger partial charge on any atom is 0.236 e. The molecular weight excluding hydrogens is 353 g/mol. The highest BCUT2D eigenvalue weighted by atomic mass is 35.5. The number of nitrogens with one attached hydrogen (secondary N) is 1. The lowest BCUT2D eigenvalue weighted by atomic mass is 10.2. The fraction of sp³-hybridized carbons (Fsp3) is 0.562. The monoisotopic (exact) mass is 377 g/mol. The number of nitrogens with zero attached hydrogens (tertiary/aromatic N) is 2. The number of hydrogen-bond acceptors (Lipinski definition) is 5. The number of ether oxygens (including phenoxy) is 2. The Labute approximate surface area is 154 Å². The van der Waals surface area contributed by atoms with Gasteiger partial charge in [0.1, 0.15) is 0 Å². The molecule has 0 aromatic heterocycles. The summed E-state index contributed by atoms with van der Waals surface area (Å²) in [4.78, 5) is 16.1. The SMILES string of the molecule is COc1ccc(CN(C)CC(=O)N2CCNCC2)c(Cl)c1OC.Cl. The van der Waals surface area contributed by atoms with Crippen molar-refractivity contribution in [1.82, 2.24) is 15.1 Å². The number of likely N-dealkylation sites (N-methyl/N-ethyl adjacent to an activating group) is 1. The molecule has 0 radical (unpaired) electrons. The first kappa shape index (κ1) is 20.8. The summed E-state index contributed by atoms with van der Waals surface area (Å²) in [6, 6.07) is 3.72. The highest BCUT2D eigenvalue weighted by Crippen LogP contribution is 2.37. The summed E-state index contributed by atoms with van der Waals surface area (Å²) in [5.41, 5.74) is 0.903. The molecule has 1 aliphatic heterocycles. The third-order valence-electron chi connectivity index (χ3n) is 3.88. The molecule has 1 heterocycles. The van der Waals surface area contributed by atoms with Gasteiger partial charge in [-0.15, -0.1) is 12.4 Å². The lowest BCUT2D eigenvalue weighted by Crippen LogP contribution is -2.49. The second-order valence-corrected chi connectivity index (χ2v) is 5.96. The van der Waals surface area contributed by atoms with Gasteiger partial charge in [-0.2, -0.15) is 0 Å². The van der Waals surface area contributed by atoms with E-state index in [-0.39, 0.29) is 18.3 Å². The second kappa shape index (κ2) is 9.93. The third-order valence-corrected chi connectivity index (χ3v) is 4.29. The van der Waals surface area contributed by atoms with E-state index in [1.165, 1.54) is 0 Å². The van der Waals surface area contributed by atoms with Crippen molar-refractivity contribution in [2.24, 2.45) is 0 Å². The molecule has 2 rings (SSSR count). The normalized spacial score (nSPS) is 14.3. The van der Waals surface area contributed by atoms with E-state index in [1.807, 2.05) is 29.0 Å². The number of carbonyl (C=O) groups is 1. The first-order chi connectivity index (χ1) is 11.1. The van der Waals surface area contributed by atoms with Gasteiger partial charge in [0.2, 0.25) is 5.91 Å². The molecule has 1 N–H and O–H groups in total. The van der Waals surface area contributed by atoms with Crippen LogP contribution in [0.2, 0.25) is 5.02 Å². The van der Waals surface area contributed by atoms with Gasteiger partial charge in [0.05, 0.1) is 25.8 Å². The summed E-state index contributed by atoms with van der Waals surface area (Å²) in [5.74, 6) is 1.26. The molecule has 1 aliphatic rings. The first-order valence-corrected chi connectivity index (χ1v) is 8.01. The zero-order valence-electron chi connectivity index (χ0n) is 14.3. The minimum Gasteiger partial charge on any atom is -0.493 e. The molecule has 0 aliphatic carbocycles. The molecule has 136 valence electrons. The third kappa shape index (κ3) is 5.14. The van der Waals surface area contributed by atoms with Crippen molar-refractivity contribution >= 4 is 29.9 Å². The zero-order valence-corrected chi connectivity index (χ0v) is 15.9. The van der Waals surface area contributed by atoms with E-state index in [4.69, 9.17) is 21.1 Å². The highest BCUT2D eigenvalue weighted by molar-refractivity contribution is 6.33. The molecule has 6 nitrogen and oxygen atoms in total. The summed E-state index contributed by atoms with van der Waals surface area (Å²) >= 11 is 6.39. The highest BCUT2D eigenvalue weighted by Gasteiger charge is 2.19. The Morgan fingerprint density at radius 1 is 1.29 bits per heavy atom. The molecule has 1 aromatic carbocycles. The predicted octanol–water partition coefficient (Wildman–Crippen LogP) is 1.64. The molecule has 1 fully saturated rings. The maximum atomic E-state index is 12.3. The number of benzene rings is 1. The number of methoxy groups -OCH3 is 2. The van der Waals surface area contributed by atoms with Crippen molar-refractivity contribution in [2.45, 2.75) is 6.54 Å². The van der Waals surface area contributed by atoms with Gasteiger partial charge in [-0.25, -0.2) is 0 Å². The molecular formula is C16H25Cl2N3O3. The Kier molecular flexibility index (Phi) is 8.62. The largest absolute Gasteiger partial charge is 0.493 e. The fourth-order valence-corrected chi connectivity index (χ4v) is 2.94. The molecule has 1 saturated heterocycles. The van der Waals surface area contributed by atoms with Crippen LogP contribution in [0.5, 0.6) is 11.5 Å². The van der Waals surface area contributed by atoms with Gasteiger partial charge in [0.25, 0.3) is 0 Å². The molecule has 0 bridgehead atoms. The predicted molar refractivity (Wildman–Crippen MR) is 97.6 cm³/mol. The number of hydrogen-bond donors (Lipinski definition) is 1. The molecule has 1 aromatic rings. The molecule has 0 atom stereocenters. The van der Waals surface area contributed by atoms with Crippen LogP contribution in [0.15, 0.2) is 12.1 Å². The van der Waals surface area contributed by atoms with Crippen LogP contribution in [-0.4, -0.2) is 69.7 Å². The standard InChI is InChI=1S/C16H24ClN3O3.ClH/c1-19(11-14(21)20-8-6-18-7-9-20)10-12-4-5-13(22-2)16(23-3)15(12)17;/h4-5,18H,6-11H2,1-3H3;1H. The quantitative estimate of drug-likeness (QED) is 0.816. The van der Waals surface area contributed by atoms with Crippen molar-refractivity contribution in [3.05, 3.63) is 22.7 Å². The smallest absolute Gasteiger partial charge is 0.236 e. The molecule has 0 spiro atoms. The van der Waals surface area contributed by atoms with Crippen LogP contribution in [0.25, 0.3) is 0 Å². The molecule has 24 heavy (non-hydrogen) atoms. The summed E-state index contributed by atoms with van der Waals surface area (Å²) in [5, 5.41) is 3.76. The van der Waals surface area contributed by atoms with Crippen molar-refractivity contribution in [3.8, 4) is 11.5 Å². The number of carbonyl (C=O) groups excluding carboxylic acids is 1. The summed E-state index contributed by atoms with van der Waals surface area (Å²) < 4.78 is 10.5. The van der Waals surface area contributed by atoms with Crippen molar-refractivity contribution in [3.63, 3.8) is 0 Å². The Hall–Kier alpha value is -1.21. The van der Waals surface area contributed by atoms with Gasteiger partial charge in [-0.1, -0.05) is 17.7 Å². The van der Waals surface area contributed by atoms with Crippen LogP contribution in [0.1, 0.15) is 5.56 Å². The number of amides is 1. The number of piperazine rings is 1. The molecule has 1 amide bonds. The van der Waals surface area contributed by atoms with Crippen LogP contribution in [0.3, 0.4) is 0 Å². The fourth-order valence-electron chi connectivity index (χ4n) is 2.64. The van der Waals surface area contributed by atoms with Crippen LogP contribution in [-0.2, 0) is 11.3 Å². The molecule has 0 saturated carbocycles. The lowest BCUT2D eigenvalue weighted by molar-refractivity contribution is -0.132. The van der Waals surface area contributed by atoms with Gasteiger partial charge in [-0.05, 0) is 18.7 Å². The van der Waals surface area contributed by atoms with E-state index in [9.17, 15) is 4.79 Å². The van der Waals surface area contributed by atoms with Gasteiger partial charge >= 0.3 is 0 Å². The molecule has 0 unspecified atom stereocenters. The van der Waals surface area contributed by atoms with E-state index in [0.29, 0.717) is 29.6 Å². The average molecular weight is 378 g/mol. The van der Waals surface area contributed by atoms with Crippen molar-refractivity contribution in [2.75, 3.05) is 54.0 Å². The first-order valence-electron chi connectivity index (χ1n) is 7.63. The topological polar surface area (TPSA) is 54.0 Å². The van der Waals surface area contributed by atoms with E-state index in [2.05, 4.69) is 5.32 Å². The van der Waals surface area contributed by atoms with Crippen LogP contribution in [0.4, 0.5) is 0 Å². The van der Waals surface area contributed by atoms with Crippen LogP contribution in [0, 0.1) is 0 Å². The van der Waals surface area contributed by atoms with E-state index >= 15 is 0 Å². The Balaban J connectivity index is 0.00000288. The molecule has 8 heteroatoms. The summed E-state index contributed by atoms with van der Waals surface area (Å²) in [6.45, 7) is 4.18. The summed E-state index contributed by atoms with van der Waals surface area (Å²) in [6.07, 6.45) is 0. The average Bonchev–Trinajstić information content (AvgIpc) is 2.57. The van der Waals surface area contributed by atoms with Gasteiger partial charge in [-0.3, -0.25) is 9.69 Å². The number of rotatable bonds is 6. The Morgan fingerprint density at radius 2 is 1.96 bits per heavy atom. The lowest BCUT2D eigenvalue weighted by Gasteiger charge is -2.29. The van der Waals surface area contributed by atoms with Crippen molar-refractivity contribution in [1.29, 1.82) is 0 Å². The van der Waals surface area contributed by atoms with Gasteiger partial charge in [0.15, 0.2) is 11.5 Å². The van der Waals surface area contributed by atoms with Gasteiger partial charge in [0, 0.05) is 32.7 Å². The van der Waals surface area contributed by atoms with Gasteiger partial charge < -0.3 is 19.7 Å². The second-order valence-electron chi connectivity index (χ2n) is 5.58. The summed E-state index contributed by atoms with van der Waals surface area (Å²) in [7, 11) is 5.05. The minimum absolute atomic E-state index is 0. The maximum absolute atomic E-state index is 12.3. The van der Waals surface area contributed by atoms with Crippen LogP contribution >= 0.6 is 24.0 Å². The van der Waals surface area contributed by atoms with E-state index < -0.39 is 0 Å². The zero-order chi connectivity index (χ0) is 16.8. The number of halogens is 2. The van der Waals surface area contributed by atoms with E-state index in [1.54, 1.807) is 14.2 Å². The Morgan fingerprint density at radius 3 is 2.54 bits per heavy atom. The van der Waals surface area contributed by atoms with Crippen molar-refractivity contribution < 1.29 is 14.3 Å². The van der Waals surface area contributed by atoms with E-state index in [0.717, 1.165) is 31.7 Å². The Bertz CT molecular complexity index is 552. The van der Waals surface area contributed by atoms with Crippen LogP contribution < -0.4 is 14.8 Å².